The van der Waals surface area contributed by atoms with Crippen LogP contribution >= 0.6 is 0 Å². The molecule has 3 rings (SSSR count). The Kier molecular flexibility index (Phi) is 5.79. The molecule has 0 saturated heterocycles. The Balaban J connectivity index is 2.22. The van der Waals surface area contributed by atoms with Crippen LogP contribution in [0, 0.1) is 11.3 Å². The van der Waals surface area contributed by atoms with Crippen molar-refractivity contribution in [1.29, 1.82) is 5.26 Å². The fourth-order valence-corrected chi connectivity index (χ4v) is 3.60. The van der Waals surface area contributed by atoms with Gasteiger partial charge in [-0.05, 0) is 53.1 Å². The van der Waals surface area contributed by atoms with Crippen molar-refractivity contribution in [3.63, 3.8) is 0 Å². The Bertz CT molecular complexity index is 927. The summed E-state index contributed by atoms with van der Waals surface area (Å²) in [6, 6.07) is 27.3. The predicted molar refractivity (Wildman–Crippen MR) is 123 cm³/mol. The van der Waals surface area contributed by atoms with Crippen LogP contribution in [0.15, 0.2) is 72.8 Å². The van der Waals surface area contributed by atoms with Gasteiger partial charge in [-0.1, -0.05) is 36.4 Å². The number of nitrogens with zero attached hydrogens (tertiary/aromatic N) is 3. The van der Waals surface area contributed by atoms with Gasteiger partial charge in [-0.25, -0.2) is 0 Å². The third-order valence-electron chi connectivity index (χ3n) is 5.41. The lowest BCUT2D eigenvalue weighted by molar-refractivity contribution is 0.794. The van der Waals surface area contributed by atoms with E-state index in [4.69, 9.17) is 0 Å². The first kappa shape index (κ1) is 20.3. The van der Waals surface area contributed by atoms with Gasteiger partial charge >= 0.3 is 0 Å². The van der Waals surface area contributed by atoms with Gasteiger partial charge in [0, 0.05) is 52.3 Å². The van der Waals surface area contributed by atoms with Crippen molar-refractivity contribution in [3.05, 3.63) is 89.5 Å². The molecule has 3 aromatic carbocycles. The van der Waals surface area contributed by atoms with Crippen molar-refractivity contribution in [3.8, 4) is 6.07 Å². The number of rotatable bonds is 6. The lowest BCUT2D eigenvalue weighted by Gasteiger charge is -2.30. The maximum absolute atomic E-state index is 10.5. The second-order valence-electron chi connectivity index (χ2n) is 7.57. The molecule has 0 saturated carbocycles. The van der Waals surface area contributed by atoms with Gasteiger partial charge in [-0.2, -0.15) is 5.26 Å². The Morgan fingerprint density at radius 1 is 0.655 bits per heavy atom. The zero-order valence-electron chi connectivity index (χ0n) is 17.8. The maximum atomic E-state index is 10.5. The smallest absolute Gasteiger partial charge is 0.132 e. The van der Waals surface area contributed by atoms with Crippen molar-refractivity contribution < 1.29 is 0 Å². The highest BCUT2D eigenvalue weighted by Crippen LogP contribution is 2.40. The van der Waals surface area contributed by atoms with Crippen molar-refractivity contribution in [2.24, 2.45) is 0 Å². The lowest BCUT2D eigenvalue weighted by Crippen LogP contribution is -2.27. The number of hydrogen-bond acceptors (Lipinski definition) is 4. The fourth-order valence-electron chi connectivity index (χ4n) is 3.60. The van der Waals surface area contributed by atoms with E-state index in [9.17, 15) is 5.26 Å². The first-order valence-electron chi connectivity index (χ1n) is 9.67. The number of anilines is 3. The van der Waals surface area contributed by atoms with E-state index in [-0.39, 0.29) is 0 Å². The average Bonchev–Trinajstić information content (AvgIpc) is 2.76. The van der Waals surface area contributed by atoms with Gasteiger partial charge in [0.25, 0.3) is 0 Å². The van der Waals surface area contributed by atoms with Crippen LogP contribution in [0.25, 0.3) is 0 Å². The molecule has 1 N–H and O–H groups in total. The first-order valence-corrected chi connectivity index (χ1v) is 9.67. The number of nitriles is 1. The van der Waals surface area contributed by atoms with E-state index >= 15 is 0 Å². The van der Waals surface area contributed by atoms with Gasteiger partial charge in [0.15, 0.2) is 0 Å². The van der Waals surface area contributed by atoms with E-state index in [2.05, 4.69) is 69.7 Å². The molecule has 3 aromatic rings. The Morgan fingerprint density at radius 3 is 1.28 bits per heavy atom. The van der Waals surface area contributed by atoms with E-state index in [1.54, 1.807) is 0 Å². The van der Waals surface area contributed by atoms with Gasteiger partial charge in [0.2, 0.25) is 0 Å². The first-order chi connectivity index (χ1) is 13.9. The largest absolute Gasteiger partial charge is 0.388 e. The highest BCUT2D eigenvalue weighted by atomic mass is 15.1. The van der Waals surface area contributed by atoms with E-state index in [0.29, 0.717) is 0 Å². The van der Waals surface area contributed by atoms with Crippen LogP contribution in [0.1, 0.15) is 16.7 Å². The zero-order valence-corrected chi connectivity index (χ0v) is 17.8. The molecule has 0 aliphatic heterocycles. The second kappa shape index (κ2) is 8.28. The minimum atomic E-state index is -0.887. The molecule has 0 unspecified atom stereocenters. The van der Waals surface area contributed by atoms with Crippen LogP contribution in [0.4, 0.5) is 17.1 Å². The quantitative estimate of drug-likeness (QED) is 0.625. The summed E-state index contributed by atoms with van der Waals surface area (Å²) in [6.45, 7) is 0. The maximum Gasteiger partial charge on any atom is 0.132 e. The van der Waals surface area contributed by atoms with Crippen molar-refractivity contribution in [2.45, 2.75) is 5.41 Å². The summed E-state index contributed by atoms with van der Waals surface area (Å²) in [6.07, 6.45) is 0. The molecule has 0 spiro atoms. The summed E-state index contributed by atoms with van der Waals surface area (Å²) in [7, 11) is 9.96. The average molecular weight is 385 g/mol. The summed E-state index contributed by atoms with van der Waals surface area (Å²) in [5, 5.41) is 13.7. The second-order valence-corrected chi connectivity index (χ2v) is 7.57. The molecule has 0 fully saturated rings. The molecule has 0 amide bonds. The van der Waals surface area contributed by atoms with E-state index in [1.807, 2.05) is 59.5 Å². The number of benzene rings is 3. The highest BCUT2D eigenvalue weighted by molar-refractivity contribution is 5.62. The molecule has 0 aliphatic carbocycles. The van der Waals surface area contributed by atoms with Crippen LogP contribution in [-0.4, -0.2) is 35.2 Å². The summed E-state index contributed by atoms with van der Waals surface area (Å²) in [5.41, 5.74) is 5.21. The lowest BCUT2D eigenvalue weighted by atomic mass is 9.70. The summed E-state index contributed by atoms with van der Waals surface area (Å²) in [5.74, 6) is 0. The van der Waals surface area contributed by atoms with Crippen molar-refractivity contribution >= 4 is 17.1 Å². The van der Waals surface area contributed by atoms with Gasteiger partial charge in [-0.3, -0.25) is 0 Å². The minimum Gasteiger partial charge on any atom is -0.388 e. The Labute approximate surface area is 174 Å². The number of hydrogen-bond donors (Lipinski definition) is 1. The molecule has 0 bridgehead atoms. The molecule has 148 valence electrons. The van der Waals surface area contributed by atoms with E-state index in [0.717, 1.165) is 33.8 Å². The molecule has 4 nitrogen and oxygen atoms in total. The molecule has 0 aliphatic rings. The summed E-state index contributed by atoms with van der Waals surface area (Å²) in [4.78, 5) is 4.12. The van der Waals surface area contributed by atoms with E-state index < -0.39 is 5.41 Å². The molecular formula is C25H28N4. The third-order valence-corrected chi connectivity index (χ3v) is 5.41. The van der Waals surface area contributed by atoms with Crippen LogP contribution < -0.4 is 15.1 Å². The molecule has 29 heavy (non-hydrogen) atoms. The molecule has 0 heterocycles. The van der Waals surface area contributed by atoms with Crippen LogP contribution in [0.2, 0.25) is 0 Å². The predicted octanol–water partition coefficient (Wildman–Crippen LogP) is 4.72. The monoisotopic (exact) mass is 384 g/mol. The van der Waals surface area contributed by atoms with Gasteiger partial charge in [0.05, 0.1) is 6.07 Å². The molecule has 0 atom stereocenters. The van der Waals surface area contributed by atoms with Crippen molar-refractivity contribution in [1.82, 2.24) is 0 Å². The highest BCUT2D eigenvalue weighted by Gasteiger charge is 2.36. The fraction of sp³-hybridized carbons (Fsp3) is 0.240. The van der Waals surface area contributed by atoms with Crippen LogP contribution in [0.5, 0.6) is 0 Å². The SMILES string of the molecule is CNc1ccc(C(C#N)(c2ccc(N(C)C)cc2)c2ccc(N(C)C)cc2)cc1. The molecule has 4 heteroatoms. The summed E-state index contributed by atoms with van der Waals surface area (Å²) < 4.78 is 0. The minimum absolute atomic E-state index is 0.887. The van der Waals surface area contributed by atoms with E-state index in [1.165, 1.54) is 0 Å². The van der Waals surface area contributed by atoms with Crippen LogP contribution in [-0.2, 0) is 5.41 Å². The molecule has 0 aromatic heterocycles. The van der Waals surface area contributed by atoms with Gasteiger partial charge in [-0.15, -0.1) is 0 Å². The Hall–Kier alpha value is -3.45. The standard InChI is InChI=1S/C25H28N4/c1-27-22-12-6-19(7-13-22)25(18-26,20-8-14-23(15-9-20)28(2)3)21-10-16-24(17-11-21)29(4)5/h6-17,27H,1-5H3. The number of nitrogens with one attached hydrogen (secondary N) is 1. The summed E-state index contributed by atoms with van der Waals surface area (Å²) >= 11 is 0. The van der Waals surface area contributed by atoms with Crippen molar-refractivity contribution in [2.75, 3.05) is 50.4 Å². The normalized spacial score (nSPS) is 10.9. The molecule has 0 radical (unpaired) electrons. The zero-order chi connectivity index (χ0) is 21.0. The van der Waals surface area contributed by atoms with Gasteiger partial charge in [0.1, 0.15) is 5.41 Å². The van der Waals surface area contributed by atoms with Gasteiger partial charge < -0.3 is 15.1 Å². The Morgan fingerprint density at radius 2 is 1.00 bits per heavy atom. The topological polar surface area (TPSA) is 42.3 Å². The van der Waals surface area contributed by atoms with Crippen LogP contribution in [0.3, 0.4) is 0 Å². The third kappa shape index (κ3) is 3.77. The molecular weight excluding hydrogens is 356 g/mol.